The molecule has 0 N–H and O–H groups in total. The van der Waals surface area contributed by atoms with Crippen LogP contribution in [0.1, 0.15) is 6.42 Å². The number of hydrogen-bond donors (Lipinski definition) is 0. The summed E-state index contributed by atoms with van der Waals surface area (Å²) >= 11 is 0. The van der Waals surface area contributed by atoms with Crippen molar-refractivity contribution in [2.75, 3.05) is 6.67 Å². The maximum atomic E-state index is 11.9. The van der Waals surface area contributed by atoms with Gasteiger partial charge in [-0.25, -0.2) is 0 Å². The molecule has 1 aliphatic rings. The van der Waals surface area contributed by atoms with Gasteiger partial charge >= 0.3 is 0 Å². The highest BCUT2D eigenvalue weighted by molar-refractivity contribution is 5.20. The molecule has 0 amide bonds. The van der Waals surface area contributed by atoms with Crippen molar-refractivity contribution in [3.05, 3.63) is 12.2 Å². The number of alkyl halides is 1. The molecule has 0 spiro atoms. The van der Waals surface area contributed by atoms with Gasteiger partial charge < -0.3 is 0 Å². The number of halogens is 1. The molecular weight excluding hydrogens is 117 g/mol. The highest BCUT2D eigenvalue weighted by atomic mass is 19.1. The minimum Gasteiger partial charge on any atom is -0.250 e. The van der Waals surface area contributed by atoms with E-state index in [1.165, 1.54) is 0 Å². The highest BCUT2D eigenvalue weighted by Crippen LogP contribution is 2.38. The van der Waals surface area contributed by atoms with Gasteiger partial charge in [0.15, 0.2) is 0 Å². The lowest BCUT2D eigenvalue weighted by Crippen LogP contribution is -2.28. The van der Waals surface area contributed by atoms with Crippen LogP contribution in [0.5, 0.6) is 0 Å². The first-order valence-electron chi connectivity index (χ1n) is 2.93. The van der Waals surface area contributed by atoms with Crippen molar-refractivity contribution in [2.45, 2.75) is 6.42 Å². The molecule has 0 aliphatic heterocycles. The highest BCUT2D eigenvalue weighted by Gasteiger charge is 2.34. The summed E-state index contributed by atoms with van der Waals surface area (Å²) in [7, 11) is 0. The first-order valence-corrected chi connectivity index (χ1v) is 2.93. The Morgan fingerprint density at radius 1 is 1.89 bits per heavy atom. The van der Waals surface area contributed by atoms with E-state index < -0.39 is 6.67 Å². The lowest BCUT2D eigenvalue weighted by molar-refractivity contribution is 0.269. The number of allylic oxidation sites excluding steroid dienone is 1. The summed E-state index contributed by atoms with van der Waals surface area (Å²) in [5.74, 6) is -0.252. The normalized spacial score (nSPS) is 33.1. The van der Waals surface area contributed by atoms with E-state index in [2.05, 4.69) is 6.58 Å². The molecule has 2 atom stereocenters. The molecule has 0 aromatic heterocycles. The van der Waals surface area contributed by atoms with Crippen LogP contribution in [0.3, 0.4) is 0 Å². The van der Waals surface area contributed by atoms with E-state index in [0.29, 0.717) is 6.42 Å². The van der Waals surface area contributed by atoms with Crippen LogP contribution in [0.4, 0.5) is 4.39 Å². The molecule has 0 saturated heterocycles. The summed E-state index contributed by atoms with van der Waals surface area (Å²) < 4.78 is 11.9. The zero-order valence-electron chi connectivity index (χ0n) is 5.10. The topological polar surface area (TPSA) is 23.8 Å². The third kappa shape index (κ3) is 0.829. The Labute approximate surface area is 53.8 Å². The zero-order valence-corrected chi connectivity index (χ0v) is 5.10. The van der Waals surface area contributed by atoms with Crippen LogP contribution in [0.15, 0.2) is 12.2 Å². The van der Waals surface area contributed by atoms with Crippen LogP contribution in [0, 0.1) is 23.2 Å². The molecule has 9 heavy (non-hydrogen) atoms. The summed E-state index contributed by atoms with van der Waals surface area (Å²) in [6.45, 7) is 3.20. The van der Waals surface area contributed by atoms with Crippen LogP contribution in [0.25, 0.3) is 0 Å². The molecule has 0 bridgehead atoms. The Bertz CT molecular complexity index is 168. The number of nitriles is 1. The number of rotatable bonds is 1. The standard InChI is InChI=1S/C7H8FN/c1-5-2-6(4-9)7(5)3-8/h6-7H,1-3H2. The average Bonchev–Trinajstić information content (AvgIpc) is 1.83. The monoisotopic (exact) mass is 125 g/mol. The van der Waals surface area contributed by atoms with E-state index >= 15 is 0 Å². The van der Waals surface area contributed by atoms with Crippen molar-refractivity contribution in [1.82, 2.24) is 0 Å². The van der Waals surface area contributed by atoms with Gasteiger partial charge in [-0.2, -0.15) is 5.26 Å². The Balaban J connectivity index is 2.50. The van der Waals surface area contributed by atoms with Crippen molar-refractivity contribution in [1.29, 1.82) is 5.26 Å². The SMILES string of the molecule is C=C1CC(C#N)C1CF. The molecule has 1 nitrogen and oxygen atoms in total. The van der Waals surface area contributed by atoms with Crippen LogP contribution < -0.4 is 0 Å². The fourth-order valence-corrected chi connectivity index (χ4v) is 1.05. The molecule has 0 aromatic carbocycles. The van der Waals surface area contributed by atoms with Crippen molar-refractivity contribution in [2.24, 2.45) is 11.8 Å². The molecule has 48 valence electrons. The van der Waals surface area contributed by atoms with Gasteiger partial charge in [0.25, 0.3) is 0 Å². The van der Waals surface area contributed by atoms with Gasteiger partial charge in [0, 0.05) is 5.92 Å². The van der Waals surface area contributed by atoms with Gasteiger partial charge in [0.1, 0.15) is 0 Å². The van der Waals surface area contributed by atoms with Crippen molar-refractivity contribution >= 4 is 0 Å². The third-order valence-electron chi connectivity index (χ3n) is 1.82. The molecule has 1 fully saturated rings. The Morgan fingerprint density at radius 2 is 2.56 bits per heavy atom. The maximum Gasteiger partial charge on any atom is 0.0972 e. The van der Waals surface area contributed by atoms with Crippen LogP contribution >= 0.6 is 0 Å². The predicted octanol–water partition coefficient (Wildman–Crippen LogP) is 1.67. The van der Waals surface area contributed by atoms with E-state index in [1.807, 2.05) is 6.07 Å². The fourth-order valence-electron chi connectivity index (χ4n) is 1.05. The second-order valence-electron chi connectivity index (χ2n) is 2.36. The Kier molecular flexibility index (Phi) is 1.52. The van der Waals surface area contributed by atoms with E-state index in [-0.39, 0.29) is 11.8 Å². The Hall–Kier alpha value is -0.840. The second-order valence-corrected chi connectivity index (χ2v) is 2.36. The van der Waals surface area contributed by atoms with Crippen LogP contribution in [-0.2, 0) is 0 Å². The van der Waals surface area contributed by atoms with E-state index in [1.54, 1.807) is 0 Å². The van der Waals surface area contributed by atoms with Gasteiger partial charge in [-0.1, -0.05) is 12.2 Å². The van der Waals surface area contributed by atoms with Crippen LogP contribution in [-0.4, -0.2) is 6.67 Å². The predicted molar refractivity (Wildman–Crippen MR) is 32.3 cm³/mol. The average molecular weight is 125 g/mol. The lowest BCUT2D eigenvalue weighted by atomic mass is 9.71. The minimum atomic E-state index is -0.420. The first kappa shape index (κ1) is 6.28. The van der Waals surface area contributed by atoms with E-state index in [4.69, 9.17) is 5.26 Å². The molecule has 1 saturated carbocycles. The van der Waals surface area contributed by atoms with Gasteiger partial charge in [-0.05, 0) is 6.42 Å². The molecule has 1 aliphatic carbocycles. The number of hydrogen-bond acceptors (Lipinski definition) is 1. The molecule has 2 unspecified atom stereocenters. The van der Waals surface area contributed by atoms with Gasteiger partial charge in [-0.15, -0.1) is 0 Å². The van der Waals surface area contributed by atoms with Gasteiger partial charge in [0.05, 0.1) is 18.7 Å². The number of nitrogens with zero attached hydrogens (tertiary/aromatic N) is 1. The zero-order chi connectivity index (χ0) is 6.85. The minimum absolute atomic E-state index is 0.0949. The largest absolute Gasteiger partial charge is 0.250 e. The fraction of sp³-hybridized carbons (Fsp3) is 0.571. The molecule has 0 aromatic rings. The quantitative estimate of drug-likeness (QED) is 0.489. The smallest absolute Gasteiger partial charge is 0.0972 e. The molecule has 2 heteroatoms. The molecule has 1 rings (SSSR count). The van der Waals surface area contributed by atoms with Crippen molar-refractivity contribution in [3.63, 3.8) is 0 Å². The summed E-state index contributed by atoms with van der Waals surface area (Å²) in [5.41, 5.74) is 0.893. The van der Waals surface area contributed by atoms with E-state index in [0.717, 1.165) is 5.57 Å². The van der Waals surface area contributed by atoms with E-state index in [9.17, 15) is 4.39 Å². The first-order chi connectivity index (χ1) is 4.29. The Morgan fingerprint density at radius 3 is 2.78 bits per heavy atom. The summed E-state index contributed by atoms with van der Waals surface area (Å²) in [6, 6.07) is 2.03. The third-order valence-corrected chi connectivity index (χ3v) is 1.82. The second kappa shape index (κ2) is 2.18. The van der Waals surface area contributed by atoms with Crippen LogP contribution in [0.2, 0.25) is 0 Å². The molecule has 0 heterocycles. The summed E-state index contributed by atoms with van der Waals surface area (Å²) in [5, 5.41) is 8.35. The molecule has 0 radical (unpaired) electrons. The van der Waals surface area contributed by atoms with Gasteiger partial charge in [-0.3, -0.25) is 4.39 Å². The van der Waals surface area contributed by atoms with Crippen molar-refractivity contribution < 1.29 is 4.39 Å². The maximum absolute atomic E-state index is 11.9. The summed E-state index contributed by atoms with van der Waals surface area (Å²) in [4.78, 5) is 0. The summed E-state index contributed by atoms with van der Waals surface area (Å²) in [6.07, 6.45) is 0.699. The molecular formula is C7H8FN. The van der Waals surface area contributed by atoms with Gasteiger partial charge in [0.2, 0.25) is 0 Å². The van der Waals surface area contributed by atoms with Crippen molar-refractivity contribution in [3.8, 4) is 6.07 Å². The lowest BCUT2D eigenvalue weighted by Gasteiger charge is -2.31.